The molecule has 0 aromatic rings. The number of hydrogen-bond acceptors (Lipinski definition) is 1. The summed E-state index contributed by atoms with van der Waals surface area (Å²) in [6.45, 7) is 4.19. The van der Waals surface area contributed by atoms with E-state index in [2.05, 4.69) is 10.6 Å². The Morgan fingerprint density at radius 2 is 1.71 bits per heavy atom. The molecular formula is C4H9N2Rf-. The Balaban J connectivity index is 0.000000360. The third-order valence-electron chi connectivity index (χ3n) is 0.893. The van der Waals surface area contributed by atoms with Gasteiger partial charge in [-0.25, -0.2) is 0 Å². The average molecular weight is 352 g/mol. The van der Waals surface area contributed by atoms with Crippen LogP contribution >= 0.6 is 0 Å². The first kappa shape index (κ1) is 5.92. The van der Waals surface area contributed by atoms with Gasteiger partial charge in [-0.05, 0) is 13.1 Å². The van der Waals surface area contributed by atoms with Gasteiger partial charge in [0, 0.05) is 0 Å². The number of piperazine rings is 1. The second-order valence-electron chi connectivity index (χ2n) is 1.42. The van der Waals surface area contributed by atoms with Crippen molar-refractivity contribution in [3.05, 3.63) is 5.32 Å². The van der Waals surface area contributed by atoms with E-state index in [1.807, 2.05) is 0 Å². The predicted molar refractivity (Wildman–Crippen MR) is 26.0 cm³/mol. The van der Waals surface area contributed by atoms with Gasteiger partial charge in [0.15, 0.2) is 0 Å². The molecule has 0 radical (unpaired) electrons. The minimum atomic E-state index is 0. The van der Waals surface area contributed by atoms with Crippen LogP contribution < -0.4 is 5.32 Å². The Morgan fingerprint density at radius 3 is 1.86 bits per heavy atom. The molecule has 0 amide bonds. The summed E-state index contributed by atoms with van der Waals surface area (Å²) >= 11 is 0. The standard InChI is InChI=1S/C4H9N2.Rf/c1-2-6-4-3-5-1;/h5H,1-4H2;/q-1;. The van der Waals surface area contributed by atoms with Gasteiger partial charge >= 0.3 is 0 Å². The maximum atomic E-state index is 4.11. The Labute approximate surface area is 37.9 Å². The fraction of sp³-hybridized carbons (Fsp3) is 1.00. The topological polar surface area (TPSA) is 26.1 Å². The van der Waals surface area contributed by atoms with Crippen LogP contribution in [0.3, 0.4) is 0 Å². The number of nitrogens with zero attached hydrogens (tertiary/aromatic N) is 1. The van der Waals surface area contributed by atoms with E-state index < -0.39 is 0 Å². The Kier molecular flexibility index (Phi) is 2.64. The van der Waals surface area contributed by atoms with E-state index in [1.54, 1.807) is 0 Å². The van der Waals surface area contributed by atoms with Crippen LogP contribution in [-0.2, 0) is 0 Å². The van der Waals surface area contributed by atoms with Crippen molar-refractivity contribution >= 4 is 0 Å². The van der Waals surface area contributed by atoms with Crippen molar-refractivity contribution < 1.29 is 0 Å². The fourth-order valence-corrected chi connectivity index (χ4v) is 0.553. The summed E-state index contributed by atoms with van der Waals surface area (Å²) in [6.07, 6.45) is 0. The molecule has 0 aromatic carbocycles. The Hall–Kier alpha value is -1.08. The van der Waals surface area contributed by atoms with E-state index in [4.69, 9.17) is 0 Å². The van der Waals surface area contributed by atoms with E-state index in [-0.39, 0.29) is 0 Å². The van der Waals surface area contributed by atoms with Crippen molar-refractivity contribution in [3.63, 3.8) is 0 Å². The zero-order chi connectivity index (χ0) is 4.24. The molecule has 0 bridgehead atoms. The van der Waals surface area contributed by atoms with Gasteiger partial charge in [0.05, 0.1) is 0 Å². The molecule has 2 nitrogen and oxygen atoms in total. The molecule has 1 saturated heterocycles. The molecule has 0 spiro atoms. The van der Waals surface area contributed by atoms with Crippen LogP contribution in [0.1, 0.15) is 0 Å². The summed E-state index contributed by atoms with van der Waals surface area (Å²) in [5, 5.41) is 7.31. The molecule has 1 fully saturated rings. The second kappa shape index (κ2) is 3.12. The van der Waals surface area contributed by atoms with Crippen molar-refractivity contribution in [1.29, 1.82) is 0 Å². The molecule has 0 saturated carbocycles. The number of hydrogen-bond donors (Lipinski definition) is 1. The molecule has 0 aromatic heterocycles. The summed E-state index contributed by atoms with van der Waals surface area (Å²) < 4.78 is 0. The van der Waals surface area contributed by atoms with Gasteiger partial charge in [-0.15, -0.1) is 13.1 Å². The van der Waals surface area contributed by atoms with Crippen LogP contribution in [0.5, 0.6) is 0 Å². The van der Waals surface area contributed by atoms with Gasteiger partial charge in [-0.1, -0.05) is 0 Å². The summed E-state index contributed by atoms with van der Waals surface area (Å²) in [5.41, 5.74) is 0. The second-order valence-corrected chi connectivity index (χ2v) is 1.42. The first-order valence-electron chi connectivity index (χ1n) is 2.34. The third-order valence-corrected chi connectivity index (χ3v) is 0.893. The van der Waals surface area contributed by atoms with Crippen molar-refractivity contribution in [2.24, 2.45) is 0 Å². The molecule has 1 N–H and O–H groups in total. The molecule has 3 heteroatoms. The maximum absolute atomic E-state index is 4.11. The van der Waals surface area contributed by atoms with Crippen molar-refractivity contribution in [2.45, 2.75) is 0 Å². The maximum Gasteiger partial charge on any atom is 0 e. The van der Waals surface area contributed by atoms with E-state index in [0.717, 1.165) is 26.2 Å². The van der Waals surface area contributed by atoms with E-state index in [0.29, 0.717) is 0 Å². The van der Waals surface area contributed by atoms with Crippen molar-refractivity contribution in [3.8, 4) is 0 Å². The van der Waals surface area contributed by atoms with Gasteiger partial charge in [0.1, 0.15) is 0 Å². The minimum Gasteiger partial charge on any atom is -0.660 e. The van der Waals surface area contributed by atoms with Crippen LogP contribution in [-0.4, -0.2) is 26.2 Å². The zero-order valence-corrected chi connectivity index (χ0v) is 10.9. The van der Waals surface area contributed by atoms with Gasteiger partial charge in [-0.3, -0.25) is 0 Å². The van der Waals surface area contributed by atoms with Crippen molar-refractivity contribution in [2.75, 3.05) is 26.2 Å². The normalized spacial score (nSPS) is 20.6. The minimum absolute atomic E-state index is 0. The molecule has 0 unspecified atom stereocenters. The smallest absolute Gasteiger partial charge is 0 e. The summed E-state index contributed by atoms with van der Waals surface area (Å²) in [6, 6.07) is 0. The quantitative estimate of drug-likeness (QED) is 0.651. The predicted octanol–water partition coefficient (Wildman–Crippen LogP) is -0.0367. The van der Waals surface area contributed by atoms with Crippen molar-refractivity contribution in [1.82, 2.24) is 5.32 Å². The SMILES string of the molecule is C1CNCC[N-]1.[Rf]. The molecule has 38 valence electrons. The van der Waals surface area contributed by atoms with Gasteiger partial charge < -0.3 is 10.6 Å². The van der Waals surface area contributed by atoms with Crippen LogP contribution in [0, 0.1) is 0 Å². The zero-order valence-electron chi connectivity index (χ0n) is 4.48. The largest absolute Gasteiger partial charge is 0.660 e. The molecule has 1 aliphatic rings. The Bertz CT molecular complexity index is 25.2. The molecule has 7 heavy (non-hydrogen) atoms. The summed E-state index contributed by atoms with van der Waals surface area (Å²) in [7, 11) is 0. The molecule has 1 heterocycles. The first-order valence-corrected chi connectivity index (χ1v) is 2.34. The summed E-state index contributed by atoms with van der Waals surface area (Å²) in [4.78, 5) is 0. The number of nitrogens with one attached hydrogen (secondary N) is 1. The van der Waals surface area contributed by atoms with E-state index >= 15 is 0 Å². The van der Waals surface area contributed by atoms with Crippen LogP contribution in [0.2, 0.25) is 0 Å². The number of rotatable bonds is 0. The van der Waals surface area contributed by atoms with Crippen LogP contribution in [0.25, 0.3) is 5.32 Å². The van der Waals surface area contributed by atoms with E-state index in [1.165, 1.54) is 0 Å². The van der Waals surface area contributed by atoms with E-state index in [9.17, 15) is 0 Å². The molecule has 0 atom stereocenters. The van der Waals surface area contributed by atoms with Crippen LogP contribution in [0.4, 0.5) is 0 Å². The Morgan fingerprint density at radius 1 is 1.14 bits per heavy atom. The molecule has 1 rings (SSSR count). The van der Waals surface area contributed by atoms with Crippen LogP contribution in [0.15, 0.2) is 0 Å². The van der Waals surface area contributed by atoms with Gasteiger partial charge in [-0.2, -0.15) is 0 Å². The fourth-order valence-electron chi connectivity index (χ4n) is 0.553. The van der Waals surface area contributed by atoms with Gasteiger partial charge in [0.25, 0.3) is 0 Å². The molecule has 1 aliphatic heterocycles. The van der Waals surface area contributed by atoms with Gasteiger partial charge in [0.2, 0.25) is 0 Å². The average Bonchev–Trinajstić information content (AvgIpc) is 1.72. The molecule has 0 aliphatic carbocycles. The monoisotopic (exact) mass is 352 g/mol. The summed E-state index contributed by atoms with van der Waals surface area (Å²) in [5.74, 6) is 0. The molecular weight excluding hydrogens is 343 g/mol. The first-order chi connectivity index (χ1) is 3.00. The third kappa shape index (κ3) is 1.73.